The molecular formula is C20H24FN7O. The van der Waals surface area contributed by atoms with Crippen LogP contribution in [-0.2, 0) is 0 Å². The second kappa shape index (κ2) is 8.42. The van der Waals surface area contributed by atoms with Crippen LogP contribution in [-0.4, -0.2) is 56.5 Å². The number of urea groups is 1. The monoisotopic (exact) mass is 397 g/mol. The number of halogens is 1. The summed E-state index contributed by atoms with van der Waals surface area (Å²) >= 11 is 0. The first-order valence-corrected chi connectivity index (χ1v) is 9.90. The van der Waals surface area contributed by atoms with Crippen molar-refractivity contribution in [3.8, 4) is 11.4 Å². The quantitative estimate of drug-likeness (QED) is 0.614. The van der Waals surface area contributed by atoms with Gasteiger partial charge < -0.3 is 20.5 Å². The minimum absolute atomic E-state index is 0.00889. The van der Waals surface area contributed by atoms with Crippen molar-refractivity contribution in [3.63, 3.8) is 0 Å². The maximum absolute atomic E-state index is 14.4. The largest absolute Gasteiger partial charge is 0.365 e. The number of rotatable bonds is 5. The fraction of sp³-hybridized carbons (Fsp3) is 0.400. The maximum atomic E-state index is 14.4. The molecular weight excluding hydrogens is 373 g/mol. The van der Waals surface area contributed by atoms with E-state index in [4.69, 9.17) is 0 Å². The Kier molecular flexibility index (Phi) is 5.55. The van der Waals surface area contributed by atoms with Crippen LogP contribution in [0.25, 0.3) is 22.4 Å². The Bertz CT molecular complexity index is 1010. The van der Waals surface area contributed by atoms with Gasteiger partial charge in [0.05, 0.1) is 12.2 Å². The van der Waals surface area contributed by atoms with Gasteiger partial charge in [-0.25, -0.2) is 24.1 Å². The lowest BCUT2D eigenvalue weighted by Crippen LogP contribution is -2.51. The first-order chi connectivity index (χ1) is 14.2. The van der Waals surface area contributed by atoms with Crippen molar-refractivity contribution in [2.45, 2.75) is 32.2 Å². The molecule has 4 rings (SSSR count). The summed E-state index contributed by atoms with van der Waals surface area (Å²) < 4.78 is 14.4. The molecule has 0 aliphatic carbocycles. The second-order valence-electron chi connectivity index (χ2n) is 7.05. The van der Waals surface area contributed by atoms with Crippen LogP contribution in [0.15, 0.2) is 30.7 Å². The lowest BCUT2D eigenvalue weighted by molar-refractivity contribution is 0.156. The second-order valence-corrected chi connectivity index (χ2v) is 7.05. The van der Waals surface area contributed by atoms with Gasteiger partial charge in [0.2, 0.25) is 0 Å². The van der Waals surface area contributed by atoms with E-state index in [9.17, 15) is 9.18 Å². The highest BCUT2D eigenvalue weighted by Gasteiger charge is 2.26. The molecule has 3 aromatic rings. The zero-order valence-electron chi connectivity index (χ0n) is 16.3. The summed E-state index contributed by atoms with van der Waals surface area (Å²) in [6.45, 7) is 3.62. The number of nitrogens with one attached hydrogen (secondary N) is 3. The number of hydrogen-bond donors (Lipinski definition) is 3. The molecule has 1 aliphatic heterocycles. The lowest BCUT2D eigenvalue weighted by atomic mass is 10.0. The van der Waals surface area contributed by atoms with Crippen molar-refractivity contribution in [2.24, 2.45) is 0 Å². The molecule has 152 valence electrons. The number of H-pyrrole nitrogens is 1. The topological polar surface area (TPSA) is 98.8 Å². The molecule has 4 heterocycles. The third-order valence-corrected chi connectivity index (χ3v) is 5.16. The van der Waals surface area contributed by atoms with Crippen LogP contribution in [0.2, 0.25) is 0 Å². The minimum atomic E-state index is -0.521. The van der Waals surface area contributed by atoms with Gasteiger partial charge in [-0.1, -0.05) is 0 Å². The van der Waals surface area contributed by atoms with Crippen molar-refractivity contribution in [1.82, 2.24) is 30.2 Å². The Balaban J connectivity index is 1.53. The molecule has 29 heavy (non-hydrogen) atoms. The zero-order chi connectivity index (χ0) is 20.2. The molecule has 0 spiro atoms. The number of amides is 2. The van der Waals surface area contributed by atoms with Gasteiger partial charge >= 0.3 is 6.03 Å². The van der Waals surface area contributed by atoms with E-state index >= 15 is 0 Å². The molecule has 1 atom stereocenters. The van der Waals surface area contributed by atoms with Gasteiger partial charge in [-0.3, -0.25) is 0 Å². The number of anilines is 1. The molecule has 1 saturated heterocycles. The fourth-order valence-corrected chi connectivity index (χ4v) is 3.71. The van der Waals surface area contributed by atoms with E-state index in [-0.39, 0.29) is 17.9 Å². The molecule has 0 saturated carbocycles. The molecule has 3 aromatic heterocycles. The molecule has 0 bridgehead atoms. The third kappa shape index (κ3) is 3.98. The number of pyridine rings is 1. The minimum Gasteiger partial charge on any atom is -0.365 e. The SMILES string of the molecule is CCNC(=O)N1CCCC[C@@H]1CNc1nc(-c2c[nH]c3ncccc23)ncc1F. The summed E-state index contributed by atoms with van der Waals surface area (Å²) in [5.74, 6) is 0.0270. The highest BCUT2D eigenvalue weighted by Crippen LogP contribution is 2.26. The van der Waals surface area contributed by atoms with E-state index < -0.39 is 5.82 Å². The predicted molar refractivity (Wildman–Crippen MR) is 109 cm³/mol. The number of likely N-dealkylation sites (tertiary alicyclic amines) is 1. The molecule has 1 fully saturated rings. The molecule has 1 aliphatic rings. The zero-order valence-corrected chi connectivity index (χ0v) is 16.3. The normalized spacial score (nSPS) is 16.8. The van der Waals surface area contributed by atoms with Crippen LogP contribution in [0.5, 0.6) is 0 Å². The summed E-state index contributed by atoms with van der Waals surface area (Å²) in [4.78, 5) is 30.0. The van der Waals surface area contributed by atoms with E-state index in [0.29, 0.717) is 25.5 Å². The summed E-state index contributed by atoms with van der Waals surface area (Å²) in [6, 6.07) is 3.67. The number of carbonyl (C=O) groups excluding carboxylic acids is 1. The van der Waals surface area contributed by atoms with Crippen molar-refractivity contribution < 1.29 is 9.18 Å². The van der Waals surface area contributed by atoms with Gasteiger partial charge in [0.15, 0.2) is 17.5 Å². The molecule has 0 radical (unpaired) electrons. The Morgan fingerprint density at radius 1 is 1.38 bits per heavy atom. The Morgan fingerprint density at radius 2 is 2.28 bits per heavy atom. The summed E-state index contributed by atoms with van der Waals surface area (Å²) in [5, 5.41) is 6.81. The predicted octanol–water partition coefficient (Wildman–Crippen LogP) is 3.15. The van der Waals surface area contributed by atoms with Crippen LogP contribution >= 0.6 is 0 Å². The third-order valence-electron chi connectivity index (χ3n) is 5.16. The van der Waals surface area contributed by atoms with Crippen LogP contribution in [0.1, 0.15) is 26.2 Å². The molecule has 3 N–H and O–H groups in total. The van der Waals surface area contributed by atoms with Crippen molar-refractivity contribution in [2.75, 3.05) is 25.0 Å². The first-order valence-electron chi connectivity index (χ1n) is 9.90. The molecule has 2 amide bonds. The van der Waals surface area contributed by atoms with Crippen LogP contribution in [0.4, 0.5) is 15.0 Å². The first kappa shape index (κ1) is 19.1. The molecule has 0 unspecified atom stereocenters. The molecule has 8 nitrogen and oxygen atoms in total. The summed E-state index contributed by atoms with van der Waals surface area (Å²) in [6.07, 6.45) is 7.54. The van der Waals surface area contributed by atoms with Crippen LogP contribution in [0.3, 0.4) is 0 Å². The highest BCUT2D eigenvalue weighted by molar-refractivity contribution is 5.91. The van der Waals surface area contributed by atoms with E-state index in [1.165, 1.54) is 6.20 Å². The average Bonchev–Trinajstić information content (AvgIpc) is 3.18. The van der Waals surface area contributed by atoms with Crippen LogP contribution < -0.4 is 10.6 Å². The van der Waals surface area contributed by atoms with E-state index in [2.05, 4.69) is 30.6 Å². The van der Waals surface area contributed by atoms with Crippen molar-refractivity contribution >= 4 is 22.9 Å². The van der Waals surface area contributed by atoms with Crippen LogP contribution in [0, 0.1) is 5.82 Å². The molecule has 9 heteroatoms. The number of hydrogen-bond acceptors (Lipinski definition) is 5. The summed E-state index contributed by atoms with van der Waals surface area (Å²) in [5.41, 5.74) is 1.49. The number of fused-ring (bicyclic) bond motifs is 1. The van der Waals surface area contributed by atoms with E-state index in [0.717, 1.165) is 35.9 Å². The maximum Gasteiger partial charge on any atom is 0.317 e. The number of carbonyl (C=O) groups is 1. The standard InChI is InChI=1S/C20H24FN7O/c1-2-22-20(29)28-9-4-3-6-13(28)10-24-19-16(21)12-26-18(27-19)15-11-25-17-14(15)7-5-8-23-17/h5,7-8,11-13H,2-4,6,9-10H2,1H3,(H,22,29)(H,23,25)(H,24,26,27)/t13-/m1/s1. The van der Waals surface area contributed by atoms with E-state index in [1.54, 1.807) is 12.4 Å². The Hall–Kier alpha value is -3.23. The summed E-state index contributed by atoms with van der Waals surface area (Å²) in [7, 11) is 0. The van der Waals surface area contributed by atoms with Gasteiger partial charge in [-0.05, 0) is 38.3 Å². The fourth-order valence-electron chi connectivity index (χ4n) is 3.71. The van der Waals surface area contributed by atoms with Gasteiger partial charge in [0, 0.05) is 43.0 Å². The number of piperidine rings is 1. The van der Waals surface area contributed by atoms with Gasteiger partial charge in [-0.15, -0.1) is 0 Å². The van der Waals surface area contributed by atoms with E-state index in [1.807, 2.05) is 24.0 Å². The van der Waals surface area contributed by atoms with Gasteiger partial charge in [0.1, 0.15) is 5.65 Å². The lowest BCUT2D eigenvalue weighted by Gasteiger charge is -2.35. The number of nitrogens with zero attached hydrogens (tertiary/aromatic N) is 4. The average molecular weight is 397 g/mol. The van der Waals surface area contributed by atoms with Crippen molar-refractivity contribution in [3.05, 3.63) is 36.5 Å². The Labute approximate surface area is 168 Å². The van der Waals surface area contributed by atoms with Gasteiger partial charge in [-0.2, -0.15) is 0 Å². The smallest absolute Gasteiger partial charge is 0.317 e. The number of aromatic amines is 1. The Morgan fingerprint density at radius 3 is 3.14 bits per heavy atom. The number of aromatic nitrogens is 4. The molecule has 0 aromatic carbocycles. The highest BCUT2D eigenvalue weighted by atomic mass is 19.1. The van der Waals surface area contributed by atoms with Gasteiger partial charge in [0.25, 0.3) is 0 Å². The van der Waals surface area contributed by atoms with Crippen molar-refractivity contribution in [1.29, 1.82) is 0 Å².